The van der Waals surface area contributed by atoms with Crippen LogP contribution in [0.15, 0.2) is 24.3 Å². The first-order valence-electron chi connectivity index (χ1n) is 5.39. The van der Waals surface area contributed by atoms with Gasteiger partial charge in [0, 0.05) is 5.02 Å². The molecule has 3 nitrogen and oxygen atoms in total. The van der Waals surface area contributed by atoms with Crippen molar-refractivity contribution in [3.63, 3.8) is 0 Å². The third-order valence-corrected chi connectivity index (χ3v) is 3.55. The van der Waals surface area contributed by atoms with Gasteiger partial charge in [-0.3, -0.25) is 4.79 Å². The molecule has 16 heavy (non-hydrogen) atoms. The summed E-state index contributed by atoms with van der Waals surface area (Å²) in [7, 11) is 0. The molecular formula is C12H15ClN2O. The van der Waals surface area contributed by atoms with Gasteiger partial charge in [-0.2, -0.15) is 0 Å². The van der Waals surface area contributed by atoms with Crippen LogP contribution >= 0.6 is 11.6 Å². The van der Waals surface area contributed by atoms with Gasteiger partial charge in [0.1, 0.15) is 5.54 Å². The fourth-order valence-corrected chi connectivity index (χ4v) is 2.58. The van der Waals surface area contributed by atoms with E-state index in [9.17, 15) is 4.79 Å². The van der Waals surface area contributed by atoms with E-state index in [1.165, 1.54) is 0 Å². The Morgan fingerprint density at radius 1 is 1.38 bits per heavy atom. The van der Waals surface area contributed by atoms with Crippen LogP contribution in [-0.2, 0) is 10.3 Å². The Balaban J connectivity index is 2.45. The molecule has 0 bridgehead atoms. The number of halogens is 1. The second-order valence-electron chi connectivity index (χ2n) is 4.31. The number of carbonyl (C=O) groups excluding carboxylic acids is 1. The maximum atomic E-state index is 12.1. The molecular weight excluding hydrogens is 224 g/mol. The molecule has 0 aromatic heterocycles. The number of ketones is 1. The topological polar surface area (TPSA) is 69.1 Å². The van der Waals surface area contributed by atoms with Crippen LogP contribution in [0.2, 0.25) is 5.02 Å². The van der Waals surface area contributed by atoms with Gasteiger partial charge in [-0.05, 0) is 30.9 Å². The quantitative estimate of drug-likeness (QED) is 0.781. The Morgan fingerprint density at radius 3 is 2.75 bits per heavy atom. The third kappa shape index (κ3) is 1.75. The van der Waals surface area contributed by atoms with Crippen molar-refractivity contribution in [2.45, 2.75) is 30.8 Å². The summed E-state index contributed by atoms with van der Waals surface area (Å²) in [6.07, 6.45) is 2.18. The second-order valence-corrected chi connectivity index (χ2v) is 4.72. The zero-order valence-electron chi connectivity index (χ0n) is 8.95. The van der Waals surface area contributed by atoms with E-state index in [1.807, 2.05) is 12.1 Å². The van der Waals surface area contributed by atoms with Crippen molar-refractivity contribution in [3.8, 4) is 0 Å². The smallest absolute Gasteiger partial charge is 0.173 e. The standard InChI is InChI=1S/C12H15ClN2O/c13-9-5-2-1-4-8(9)12(15)7-3-6-10(14)11(12)16/h1-2,4-5,10H,3,6-7,14-15H2. The summed E-state index contributed by atoms with van der Waals surface area (Å²) >= 11 is 6.09. The van der Waals surface area contributed by atoms with Gasteiger partial charge < -0.3 is 11.5 Å². The number of nitrogens with two attached hydrogens (primary N) is 2. The van der Waals surface area contributed by atoms with Crippen molar-refractivity contribution < 1.29 is 4.79 Å². The molecule has 0 saturated heterocycles. The highest BCUT2D eigenvalue weighted by molar-refractivity contribution is 6.31. The third-order valence-electron chi connectivity index (χ3n) is 3.22. The van der Waals surface area contributed by atoms with Crippen LogP contribution in [0.4, 0.5) is 0 Å². The van der Waals surface area contributed by atoms with Crippen molar-refractivity contribution in [2.24, 2.45) is 11.5 Å². The highest BCUT2D eigenvalue weighted by atomic mass is 35.5. The summed E-state index contributed by atoms with van der Waals surface area (Å²) in [6, 6.07) is 6.75. The minimum Gasteiger partial charge on any atom is -0.321 e. The Bertz CT molecular complexity index is 421. The number of hydrogen-bond acceptors (Lipinski definition) is 3. The lowest BCUT2D eigenvalue weighted by atomic mass is 9.74. The van der Waals surface area contributed by atoms with E-state index in [0.29, 0.717) is 23.4 Å². The van der Waals surface area contributed by atoms with Crippen molar-refractivity contribution in [2.75, 3.05) is 0 Å². The van der Waals surface area contributed by atoms with Crippen LogP contribution in [0.25, 0.3) is 0 Å². The van der Waals surface area contributed by atoms with Gasteiger partial charge >= 0.3 is 0 Å². The molecule has 4 heteroatoms. The summed E-state index contributed by atoms with van der Waals surface area (Å²) in [6.45, 7) is 0. The molecule has 2 unspecified atom stereocenters. The van der Waals surface area contributed by atoms with Crippen LogP contribution < -0.4 is 11.5 Å². The maximum absolute atomic E-state index is 12.1. The van der Waals surface area contributed by atoms with Crippen LogP contribution in [0.3, 0.4) is 0 Å². The minimum absolute atomic E-state index is 0.105. The molecule has 0 aliphatic heterocycles. The number of carbonyl (C=O) groups is 1. The SMILES string of the molecule is NC1CCCC(N)(c2ccccc2Cl)C1=O. The monoisotopic (exact) mass is 238 g/mol. The zero-order valence-corrected chi connectivity index (χ0v) is 9.70. The lowest BCUT2D eigenvalue weighted by molar-refractivity contribution is -0.127. The van der Waals surface area contributed by atoms with Gasteiger partial charge in [-0.25, -0.2) is 0 Å². The molecule has 1 aromatic rings. The van der Waals surface area contributed by atoms with Crippen LogP contribution in [0.5, 0.6) is 0 Å². The second kappa shape index (κ2) is 4.17. The highest BCUT2D eigenvalue weighted by Crippen LogP contribution is 2.35. The van der Waals surface area contributed by atoms with E-state index in [2.05, 4.69) is 0 Å². The molecule has 0 spiro atoms. The molecule has 2 rings (SSSR count). The summed E-state index contributed by atoms with van der Waals surface area (Å²) in [5.74, 6) is -0.105. The van der Waals surface area contributed by atoms with Gasteiger partial charge in [0.25, 0.3) is 0 Å². The number of hydrogen-bond donors (Lipinski definition) is 2. The van der Waals surface area contributed by atoms with Crippen molar-refractivity contribution >= 4 is 17.4 Å². The van der Waals surface area contributed by atoms with E-state index in [4.69, 9.17) is 23.1 Å². The molecule has 0 amide bonds. The van der Waals surface area contributed by atoms with E-state index in [1.54, 1.807) is 12.1 Å². The molecule has 1 aliphatic rings. The summed E-state index contributed by atoms with van der Waals surface area (Å²) in [5.41, 5.74) is 11.7. The first-order chi connectivity index (χ1) is 7.55. The molecule has 1 saturated carbocycles. The Kier molecular flexibility index (Phi) is 3.02. The fraction of sp³-hybridized carbons (Fsp3) is 0.417. The Morgan fingerprint density at radius 2 is 2.06 bits per heavy atom. The molecule has 0 radical (unpaired) electrons. The zero-order chi connectivity index (χ0) is 11.8. The average Bonchev–Trinajstić information content (AvgIpc) is 2.26. The lowest BCUT2D eigenvalue weighted by Gasteiger charge is -2.35. The molecule has 1 fully saturated rings. The van der Waals surface area contributed by atoms with Crippen LogP contribution in [0.1, 0.15) is 24.8 Å². The molecule has 86 valence electrons. The van der Waals surface area contributed by atoms with Gasteiger partial charge in [0.2, 0.25) is 0 Å². The summed E-state index contributed by atoms with van der Waals surface area (Å²) in [5, 5.41) is 0.535. The summed E-state index contributed by atoms with van der Waals surface area (Å²) < 4.78 is 0. The molecule has 4 N–H and O–H groups in total. The Hall–Kier alpha value is -0.900. The molecule has 0 heterocycles. The van der Waals surface area contributed by atoms with Gasteiger partial charge in [0.15, 0.2) is 5.78 Å². The van der Waals surface area contributed by atoms with E-state index in [0.717, 1.165) is 6.42 Å². The minimum atomic E-state index is -1.00. The van der Waals surface area contributed by atoms with Crippen molar-refractivity contribution in [1.82, 2.24) is 0 Å². The van der Waals surface area contributed by atoms with Crippen LogP contribution in [-0.4, -0.2) is 11.8 Å². The average molecular weight is 239 g/mol. The normalized spacial score (nSPS) is 30.4. The van der Waals surface area contributed by atoms with Crippen molar-refractivity contribution in [1.29, 1.82) is 0 Å². The highest BCUT2D eigenvalue weighted by Gasteiger charge is 2.42. The van der Waals surface area contributed by atoms with E-state index in [-0.39, 0.29) is 5.78 Å². The van der Waals surface area contributed by atoms with Crippen molar-refractivity contribution in [3.05, 3.63) is 34.9 Å². The van der Waals surface area contributed by atoms with Gasteiger partial charge in [0.05, 0.1) is 6.04 Å². The number of benzene rings is 1. The predicted molar refractivity (Wildman–Crippen MR) is 64.2 cm³/mol. The first-order valence-corrected chi connectivity index (χ1v) is 5.77. The Labute approximate surface area is 99.8 Å². The van der Waals surface area contributed by atoms with Gasteiger partial charge in [-0.15, -0.1) is 0 Å². The van der Waals surface area contributed by atoms with E-state index < -0.39 is 11.6 Å². The fourth-order valence-electron chi connectivity index (χ4n) is 2.28. The number of rotatable bonds is 1. The lowest BCUT2D eigenvalue weighted by Crippen LogP contribution is -2.55. The summed E-state index contributed by atoms with van der Waals surface area (Å²) in [4.78, 5) is 12.1. The van der Waals surface area contributed by atoms with Crippen LogP contribution in [0, 0.1) is 0 Å². The van der Waals surface area contributed by atoms with E-state index >= 15 is 0 Å². The van der Waals surface area contributed by atoms with Gasteiger partial charge in [-0.1, -0.05) is 29.8 Å². The largest absolute Gasteiger partial charge is 0.321 e. The maximum Gasteiger partial charge on any atom is 0.173 e. The number of Topliss-reactive ketones (excluding diaryl/α,β-unsaturated/α-hetero) is 1. The first kappa shape index (κ1) is 11.6. The predicted octanol–water partition coefficient (Wildman–Crippen LogP) is 1.57. The molecule has 2 atom stereocenters. The molecule has 1 aliphatic carbocycles. The molecule has 1 aromatic carbocycles.